The van der Waals surface area contributed by atoms with E-state index in [1.165, 1.54) is 5.56 Å². The second-order valence-electron chi connectivity index (χ2n) is 5.00. The molecule has 1 aromatic carbocycles. The monoisotopic (exact) mass is 267 g/mol. The number of hydrogen-bond donors (Lipinski definition) is 0. The molecule has 0 bridgehead atoms. The van der Waals surface area contributed by atoms with Crippen molar-refractivity contribution in [2.24, 2.45) is 0 Å². The maximum absolute atomic E-state index is 12.2. The lowest BCUT2D eigenvalue weighted by molar-refractivity contribution is 0.396. The van der Waals surface area contributed by atoms with Gasteiger partial charge in [-0.15, -0.1) is 0 Å². The zero-order chi connectivity index (χ0) is 13.2. The Kier molecular flexibility index (Phi) is 4.07. The highest BCUT2D eigenvalue weighted by atomic mass is 32.2. The third kappa shape index (κ3) is 2.75. The van der Waals surface area contributed by atoms with Crippen molar-refractivity contribution in [2.75, 3.05) is 12.3 Å². The summed E-state index contributed by atoms with van der Waals surface area (Å²) in [7, 11) is -3.08. The first-order valence-corrected chi connectivity index (χ1v) is 8.21. The van der Waals surface area contributed by atoms with Gasteiger partial charge in [-0.3, -0.25) is 0 Å². The molecule has 0 aliphatic carbocycles. The minimum Gasteiger partial charge on any atom is -0.212 e. The zero-order valence-electron chi connectivity index (χ0n) is 11.1. The van der Waals surface area contributed by atoms with E-state index in [0.29, 0.717) is 13.0 Å². The summed E-state index contributed by atoms with van der Waals surface area (Å²) >= 11 is 0. The Bertz CT molecular complexity index is 493. The van der Waals surface area contributed by atoms with Crippen molar-refractivity contribution in [3.8, 4) is 0 Å². The van der Waals surface area contributed by atoms with Crippen LogP contribution >= 0.6 is 0 Å². The average Bonchev–Trinajstić information content (AvgIpc) is 2.79. The van der Waals surface area contributed by atoms with Crippen LogP contribution in [-0.4, -0.2) is 25.0 Å². The van der Waals surface area contributed by atoms with E-state index < -0.39 is 10.0 Å². The number of hydrogen-bond acceptors (Lipinski definition) is 2. The largest absolute Gasteiger partial charge is 0.214 e. The maximum Gasteiger partial charge on any atom is 0.214 e. The van der Waals surface area contributed by atoms with E-state index in [2.05, 4.69) is 24.3 Å². The van der Waals surface area contributed by atoms with Crippen LogP contribution in [0.1, 0.15) is 43.4 Å². The van der Waals surface area contributed by atoms with Gasteiger partial charge in [0.05, 0.1) is 5.75 Å². The Morgan fingerprint density at radius 3 is 2.56 bits per heavy atom. The minimum absolute atomic E-state index is 0.0437. The summed E-state index contributed by atoms with van der Waals surface area (Å²) in [5.74, 6) is 0.259. The molecule has 1 atom stereocenters. The van der Waals surface area contributed by atoms with Gasteiger partial charge in [-0.05, 0) is 31.7 Å². The molecule has 2 rings (SSSR count). The Hall–Kier alpha value is -0.870. The molecule has 0 saturated carbocycles. The third-order valence-electron chi connectivity index (χ3n) is 3.49. The molecule has 0 radical (unpaired) electrons. The molecule has 1 aliphatic heterocycles. The van der Waals surface area contributed by atoms with Gasteiger partial charge in [-0.25, -0.2) is 8.42 Å². The summed E-state index contributed by atoms with van der Waals surface area (Å²) in [4.78, 5) is 0. The lowest BCUT2D eigenvalue weighted by atomic mass is 10.0. The highest BCUT2D eigenvalue weighted by molar-refractivity contribution is 7.89. The van der Waals surface area contributed by atoms with Gasteiger partial charge in [0.25, 0.3) is 0 Å². The van der Waals surface area contributed by atoms with E-state index in [1.807, 2.05) is 13.8 Å². The van der Waals surface area contributed by atoms with Gasteiger partial charge in [0.1, 0.15) is 0 Å². The van der Waals surface area contributed by atoms with Crippen LogP contribution < -0.4 is 0 Å². The molecule has 0 spiro atoms. The maximum atomic E-state index is 12.2. The van der Waals surface area contributed by atoms with Gasteiger partial charge in [0.2, 0.25) is 10.0 Å². The minimum atomic E-state index is -3.08. The molecule has 0 aromatic heterocycles. The molecule has 1 saturated heterocycles. The third-order valence-corrected chi connectivity index (χ3v) is 5.56. The summed E-state index contributed by atoms with van der Waals surface area (Å²) in [6.45, 7) is 4.62. The molecular formula is C14H21NO2S. The van der Waals surface area contributed by atoms with Gasteiger partial charge in [-0.1, -0.05) is 36.8 Å². The fraction of sp³-hybridized carbons (Fsp3) is 0.571. The summed E-state index contributed by atoms with van der Waals surface area (Å²) in [6.07, 6.45) is 2.58. The van der Waals surface area contributed by atoms with Crippen LogP contribution in [0.25, 0.3) is 0 Å². The smallest absolute Gasteiger partial charge is 0.212 e. The van der Waals surface area contributed by atoms with Gasteiger partial charge in [0.15, 0.2) is 0 Å². The van der Waals surface area contributed by atoms with Crippen molar-refractivity contribution >= 4 is 10.0 Å². The first kappa shape index (κ1) is 13.6. The van der Waals surface area contributed by atoms with Crippen molar-refractivity contribution in [1.29, 1.82) is 0 Å². The topological polar surface area (TPSA) is 37.4 Å². The number of aryl methyl sites for hydroxylation is 1. The van der Waals surface area contributed by atoms with Crippen LogP contribution in [-0.2, 0) is 10.0 Å². The quantitative estimate of drug-likeness (QED) is 0.841. The van der Waals surface area contributed by atoms with E-state index in [1.54, 1.807) is 4.31 Å². The molecule has 0 unspecified atom stereocenters. The number of nitrogens with zero attached hydrogens (tertiary/aromatic N) is 1. The number of benzene rings is 1. The van der Waals surface area contributed by atoms with Crippen molar-refractivity contribution in [3.05, 3.63) is 35.4 Å². The molecule has 18 heavy (non-hydrogen) atoms. The molecule has 3 nitrogen and oxygen atoms in total. The van der Waals surface area contributed by atoms with Crippen molar-refractivity contribution in [2.45, 2.75) is 39.2 Å². The SMILES string of the molecule is CCCS(=O)(=O)N1CCC[C@H]1c1ccc(C)cc1. The molecule has 1 fully saturated rings. The first-order chi connectivity index (χ1) is 8.54. The van der Waals surface area contributed by atoms with E-state index in [0.717, 1.165) is 18.4 Å². The standard InChI is InChI=1S/C14H21NO2S/c1-3-11-18(16,17)15-10-4-5-14(15)13-8-6-12(2)7-9-13/h6-9,14H,3-5,10-11H2,1-2H3/t14-/m0/s1. The van der Waals surface area contributed by atoms with Crippen molar-refractivity contribution in [3.63, 3.8) is 0 Å². The highest BCUT2D eigenvalue weighted by Crippen LogP contribution is 2.34. The van der Waals surface area contributed by atoms with E-state index in [-0.39, 0.29) is 11.8 Å². The van der Waals surface area contributed by atoms with Crippen LogP contribution in [0.5, 0.6) is 0 Å². The second kappa shape index (κ2) is 5.41. The van der Waals surface area contributed by atoms with Crippen molar-refractivity contribution in [1.82, 2.24) is 4.31 Å². The molecule has 1 heterocycles. The Balaban J connectivity index is 2.25. The van der Waals surface area contributed by atoms with Crippen molar-refractivity contribution < 1.29 is 8.42 Å². The fourth-order valence-electron chi connectivity index (χ4n) is 2.57. The Morgan fingerprint density at radius 1 is 1.28 bits per heavy atom. The molecule has 0 N–H and O–H groups in total. The van der Waals surface area contributed by atoms with E-state index in [4.69, 9.17) is 0 Å². The molecular weight excluding hydrogens is 246 g/mol. The average molecular weight is 267 g/mol. The lowest BCUT2D eigenvalue weighted by Crippen LogP contribution is -2.32. The van der Waals surface area contributed by atoms with Gasteiger partial charge < -0.3 is 0 Å². The summed E-state index contributed by atoms with van der Waals surface area (Å²) < 4.78 is 26.1. The molecule has 100 valence electrons. The molecule has 4 heteroatoms. The summed E-state index contributed by atoms with van der Waals surface area (Å²) in [5.41, 5.74) is 2.33. The highest BCUT2D eigenvalue weighted by Gasteiger charge is 2.34. The fourth-order valence-corrected chi connectivity index (χ4v) is 4.34. The Morgan fingerprint density at radius 2 is 1.94 bits per heavy atom. The van der Waals surface area contributed by atoms with Gasteiger partial charge >= 0.3 is 0 Å². The lowest BCUT2D eigenvalue weighted by Gasteiger charge is -2.24. The van der Waals surface area contributed by atoms with Crippen LogP contribution in [0.4, 0.5) is 0 Å². The number of rotatable bonds is 4. The second-order valence-corrected chi connectivity index (χ2v) is 7.04. The normalized spacial score (nSPS) is 21.3. The zero-order valence-corrected chi connectivity index (χ0v) is 11.9. The van der Waals surface area contributed by atoms with E-state index >= 15 is 0 Å². The first-order valence-electron chi connectivity index (χ1n) is 6.60. The Labute approximate surface area is 110 Å². The molecule has 1 aromatic rings. The predicted molar refractivity (Wildman–Crippen MR) is 73.9 cm³/mol. The summed E-state index contributed by atoms with van der Waals surface area (Å²) in [5, 5.41) is 0. The van der Waals surface area contributed by atoms with Crippen LogP contribution in [0.2, 0.25) is 0 Å². The number of sulfonamides is 1. The molecule has 0 amide bonds. The van der Waals surface area contributed by atoms with Crippen LogP contribution in [0.3, 0.4) is 0 Å². The van der Waals surface area contributed by atoms with Gasteiger partial charge in [-0.2, -0.15) is 4.31 Å². The summed E-state index contributed by atoms with van der Waals surface area (Å²) in [6, 6.07) is 8.26. The van der Waals surface area contributed by atoms with Crippen LogP contribution in [0, 0.1) is 6.92 Å². The molecule has 1 aliphatic rings. The van der Waals surface area contributed by atoms with E-state index in [9.17, 15) is 8.42 Å². The predicted octanol–water partition coefficient (Wildman–Crippen LogP) is 2.87. The van der Waals surface area contributed by atoms with Crippen LogP contribution in [0.15, 0.2) is 24.3 Å². The van der Waals surface area contributed by atoms with Gasteiger partial charge in [0, 0.05) is 12.6 Å².